The number of ether oxygens (including phenoxy) is 1. The van der Waals surface area contributed by atoms with E-state index in [1.807, 2.05) is 50.4 Å². The molecule has 6 rings (SSSR count). The van der Waals surface area contributed by atoms with E-state index in [1.54, 1.807) is 15.8 Å². The largest absolute Gasteiger partial charge is 0.457 e. The van der Waals surface area contributed by atoms with Gasteiger partial charge in [-0.1, -0.05) is 11.8 Å². The lowest BCUT2D eigenvalue weighted by molar-refractivity contribution is -0.118. The zero-order valence-electron chi connectivity index (χ0n) is 23.0. The van der Waals surface area contributed by atoms with Crippen molar-refractivity contribution < 1.29 is 13.9 Å². The molecule has 1 aliphatic heterocycles. The average Bonchev–Trinajstić information content (AvgIpc) is 3.34. The average molecular weight is 557 g/mol. The molecule has 1 amide bonds. The summed E-state index contributed by atoms with van der Waals surface area (Å²) < 4.78 is 18.6. The van der Waals surface area contributed by atoms with E-state index in [0.29, 0.717) is 54.7 Å². The fourth-order valence-corrected chi connectivity index (χ4v) is 4.31. The van der Waals surface area contributed by atoms with Gasteiger partial charge in [0.05, 0.1) is 17.5 Å². The molecular weight excluding hydrogens is 527 g/mol. The number of piperazine rings is 1. The van der Waals surface area contributed by atoms with Crippen molar-refractivity contribution in [1.82, 2.24) is 39.8 Å². The molecule has 0 atom stereocenters. The van der Waals surface area contributed by atoms with Crippen molar-refractivity contribution in [2.24, 2.45) is 7.05 Å². The van der Waals surface area contributed by atoms with Crippen LogP contribution in [0.25, 0.3) is 22.1 Å². The number of aromatic nitrogens is 7. The van der Waals surface area contributed by atoms with Crippen molar-refractivity contribution >= 4 is 45.9 Å². The van der Waals surface area contributed by atoms with Crippen LogP contribution >= 0.6 is 0 Å². The highest BCUT2D eigenvalue weighted by molar-refractivity contribution is 5.87. The highest BCUT2D eigenvalue weighted by atomic mass is 19.1. The molecular formula is C28H29FN10O2. The summed E-state index contributed by atoms with van der Waals surface area (Å²) >= 11 is 0. The number of allylic oxidation sites excluding steroid dienone is 1. The second-order valence-corrected chi connectivity index (χ2v) is 9.50. The van der Waals surface area contributed by atoms with Crippen molar-refractivity contribution in [2.45, 2.75) is 13.8 Å². The topological polar surface area (TPSA) is 127 Å². The number of carbonyl (C=O) groups is 1. The van der Waals surface area contributed by atoms with Crippen LogP contribution in [-0.2, 0) is 11.8 Å². The van der Waals surface area contributed by atoms with Gasteiger partial charge in [0.15, 0.2) is 5.82 Å². The van der Waals surface area contributed by atoms with E-state index < -0.39 is 0 Å². The van der Waals surface area contributed by atoms with E-state index in [1.165, 1.54) is 13.3 Å². The van der Waals surface area contributed by atoms with Crippen LogP contribution < -0.4 is 15.0 Å². The second kappa shape index (κ2) is 11.9. The molecule has 1 saturated heterocycles. The smallest absolute Gasteiger partial charge is 0.226 e. The van der Waals surface area contributed by atoms with E-state index >= 15 is 0 Å². The minimum absolute atomic E-state index is 0.333. The molecule has 1 aliphatic rings. The molecule has 0 saturated carbocycles. The number of nitrogens with one attached hydrogen (secondary N) is 1. The molecule has 41 heavy (non-hydrogen) atoms. The minimum atomic E-state index is -0.333. The van der Waals surface area contributed by atoms with Gasteiger partial charge in [-0.15, -0.1) is 5.10 Å². The Labute approximate surface area is 235 Å². The number of aryl methyl sites for hydroxylation is 2. The van der Waals surface area contributed by atoms with Crippen molar-refractivity contribution in [3.8, 4) is 11.5 Å². The number of nitrogens with zero attached hydrogens (tertiary/aromatic N) is 9. The molecule has 0 aliphatic carbocycles. The normalized spacial score (nSPS) is 13.1. The van der Waals surface area contributed by atoms with Gasteiger partial charge < -0.3 is 19.9 Å². The first-order valence-electron chi connectivity index (χ1n) is 12.9. The van der Waals surface area contributed by atoms with E-state index in [9.17, 15) is 9.18 Å². The first-order valence-corrected chi connectivity index (χ1v) is 12.9. The van der Waals surface area contributed by atoms with Gasteiger partial charge in [-0.25, -0.2) is 29.0 Å². The number of rotatable bonds is 6. The third-order valence-electron chi connectivity index (χ3n) is 6.36. The summed E-state index contributed by atoms with van der Waals surface area (Å²) in [6.07, 6.45) is 4.07. The van der Waals surface area contributed by atoms with Crippen LogP contribution in [0, 0.1) is 6.92 Å². The Hall–Kier alpha value is -5.20. The zero-order valence-corrected chi connectivity index (χ0v) is 23.0. The van der Waals surface area contributed by atoms with Crippen LogP contribution in [0.5, 0.6) is 11.5 Å². The van der Waals surface area contributed by atoms with Gasteiger partial charge >= 0.3 is 0 Å². The van der Waals surface area contributed by atoms with Crippen molar-refractivity contribution in [3.63, 3.8) is 0 Å². The number of carbonyl (C=O) groups excluding carboxylic acids is 1. The van der Waals surface area contributed by atoms with Gasteiger partial charge in [0.2, 0.25) is 12.4 Å². The number of halogens is 1. The molecule has 13 heteroatoms. The van der Waals surface area contributed by atoms with Gasteiger partial charge in [-0.2, -0.15) is 0 Å². The molecule has 0 bridgehead atoms. The van der Waals surface area contributed by atoms with Gasteiger partial charge in [0, 0.05) is 45.0 Å². The Morgan fingerprint density at radius 2 is 1.85 bits per heavy atom. The number of amides is 1. The highest BCUT2D eigenvalue weighted by Crippen LogP contribution is 2.30. The lowest BCUT2D eigenvalue weighted by Gasteiger charge is -2.32. The van der Waals surface area contributed by atoms with Crippen LogP contribution in [0.1, 0.15) is 12.5 Å². The molecule has 0 unspecified atom stereocenters. The highest BCUT2D eigenvalue weighted by Gasteiger charge is 2.19. The summed E-state index contributed by atoms with van der Waals surface area (Å²) in [6.45, 7) is 8.80. The van der Waals surface area contributed by atoms with Crippen molar-refractivity contribution in [2.75, 3.05) is 36.4 Å². The molecule has 1 fully saturated rings. The summed E-state index contributed by atoms with van der Waals surface area (Å²) in [5, 5.41) is 11.6. The maximum Gasteiger partial charge on any atom is 0.226 e. The van der Waals surface area contributed by atoms with Crippen molar-refractivity contribution in [3.05, 3.63) is 66.9 Å². The van der Waals surface area contributed by atoms with Crippen LogP contribution in [-0.4, -0.2) is 72.4 Å². The van der Waals surface area contributed by atoms with E-state index in [0.717, 1.165) is 34.4 Å². The predicted octanol–water partition coefficient (Wildman–Crippen LogP) is 4.31. The zero-order chi connectivity index (χ0) is 28.9. The monoisotopic (exact) mass is 556 g/mol. The quantitative estimate of drug-likeness (QED) is 0.302. The van der Waals surface area contributed by atoms with Crippen molar-refractivity contribution in [1.29, 1.82) is 0 Å². The van der Waals surface area contributed by atoms with Gasteiger partial charge in [-0.3, -0.25) is 4.79 Å². The molecule has 2 aromatic carbocycles. The van der Waals surface area contributed by atoms with Gasteiger partial charge in [0.1, 0.15) is 34.4 Å². The third kappa shape index (κ3) is 6.35. The molecule has 12 nitrogen and oxygen atoms in total. The molecule has 210 valence electrons. The summed E-state index contributed by atoms with van der Waals surface area (Å²) in [5.41, 5.74) is 4.78. The number of hydrogen-bond donors (Lipinski definition) is 1. The SMILES string of the molecule is C=C(C)F.Cc1cc(Nc2ncnc3cnc(N4CCN(C=O)CC4)nc23)ccc1Oc1ccc2c(c1)nnn2C. The fraction of sp³-hybridized carbons (Fsp3) is 0.250. The summed E-state index contributed by atoms with van der Waals surface area (Å²) in [5.74, 6) is 2.27. The standard InChI is InChI=1S/C25H24N10O2.C3H5F/c1-16-11-17(3-6-22(16)37-18-4-5-21-19(12-18)31-32-33(21)2)29-24-23-20(27-14-28-24)13-26-25(30-23)35-9-7-34(15-36)8-10-35;1-3(2)4/h3-6,11-15H,7-10H2,1-2H3,(H,27,28,29);1H2,2H3. The Morgan fingerprint density at radius 3 is 2.59 bits per heavy atom. The second-order valence-electron chi connectivity index (χ2n) is 9.50. The maximum atomic E-state index is 11.0. The third-order valence-corrected chi connectivity index (χ3v) is 6.36. The molecule has 3 aromatic heterocycles. The Morgan fingerprint density at radius 1 is 1.07 bits per heavy atom. The number of anilines is 3. The van der Waals surface area contributed by atoms with E-state index in [4.69, 9.17) is 9.72 Å². The fourth-order valence-electron chi connectivity index (χ4n) is 4.31. The van der Waals surface area contributed by atoms with E-state index in [-0.39, 0.29) is 5.83 Å². The molecule has 5 aromatic rings. The maximum absolute atomic E-state index is 11.0. The molecule has 1 N–H and O–H groups in total. The van der Waals surface area contributed by atoms with Crippen LogP contribution in [0.2, 0.25) is 0 Å². The van der Waals surface area contributed by atoms with Gasteiger partial charge in [-0.05, 0) is 49.7 Å². The number of hydrogen-bond acceptors (Lipinski definition) is 10. The predicted molar refractivity (Wildman–Crippen MR) is 154 cm³/mol. The first kappa shape index (κ1) is 27.4. The van der Waals surface area contributed by atoms with Crippen LogP contribution in [0.3, 0.4) is 0 Å². The lowest BCUT2D eigenvalue weighted by atomic mass is 10.2. The molecule has 4 heterocycles. The number of benzene rings is 2. The molecule has 0 radical (unpaired) electrons. The molecule has 0 spiro atoms. The first-order chi connectivity index (χ1) is 19.8. The van der Waals surface area contributed by atoms with E-state index in [2.05, 4.69) is 42.1 Å². The summed E-state index contributed by atoms with van der Waals surface area (Å²) in [4.78, 5) is 32.8. The Kier molecular flexibility index (Phi) is 7.94. The minimum Gasteiger partial charge on any atom is -0.457 e. The summed E-state index contributed by atoms with van der Waals surface area (Å²) in [6, 6.07) is 11.5. The van der Waals surface area contributed by atoms with Gasteiger partial charge in [0.25, 0.3) is 0 Å². The van der Waals surface area contributed by atoms with Crippen LogP contribution in [0.15, 0.2) is 61.3 Å². The number of fused-ring (bicyclic) bond motifs is 2. The Bertz CT molecular complexity index is 1710. The van der Waals surface area contributed by atoms with Crippen LogP contribution in [0.4, 0.5) is 21.8 Å². The summed E-state index contributed by atoms with van der Waals surface area (Å²) in [7, 11) is 1.86. The Balaban J connectivity index is 0.000000794. The lowest BCUT2D eigenvalue weighted by Crippen LogP contribution is -2.46.